The maximum absolute atomic E-state index is 13.0. The van der Waals surface area contributed by atoms with Gasteiger partial charge in [0.05, 0.1) is 6.61 Å². The number of hydrogen-bond acceptors (Lipinski definition) is 7. The van der Waals surface area contributed by atoms with Crippen molar-refractivity contribution in [1.82, 2.24) is 30.3 Å². The first kappa shape index (κ1) is 16.9. The van der Waals surface area contributed by atoms with Crippen LogP contribution in [0.15, 0.2) is 18.3 Å². The molecule has 1 amide bonds. The molecule has 0 spiro atoms. The maximum Gasteiger partial charge on any atom is 0.315 e. The molecule has 2 aromatic heterocycles. The molecule has 2 fully saturated rings. The Labute approximate surface area is 150 Å². The average Bonchev–Trinajstić information content (AvgIpc) is 3.15. The Hall–Kier alpha value is -2.55. The number of amides is 1. The number of esters is 1. The van der Waals surface area contributed by atoms with Gasteiger partial charge < -0.3 is 15.0 Å². The molecule has 4 rings (SSSR count). The quantitative estimate of drug-likeness (QED) is 0.786. The van der Waals surface area contributed by atoms with Crippen molar-refractivity contribution in [2.24, 2.45) is 5.41 Å². The highest BCUT2D eigenvalue weighted by Crippen LogP contribution is 2.39. The van der Waals surface area contributed by atoms with E-state index in [9.17, 15) is 9.59 Å². The summed E-state index contributed by atoms with van der Waals surface area (Å²) in [5.74, 6) is -0.310. The second kappa shape index (κ2) is 6.64. The first-order valence-electron chi connectivity index (χ1n) is 9.02. The van der Waals surface area contributed by atoms with Gasteiger partial charge in [-0.1, -0.05) is 0 Å². The van der Waals surface area contributed by atoms with Gasteiger partial charge in [-0.05, 0) is 55.3 Å². The second-order valence-electron chi connectivity index (χ2n) is 6.90. The molecule has 2 saturated heterocycles. The van der Waals surface area contributed by atoms with Crippen LogP contribution in [0.25, 0.3) is 5.65 Å². The Kier molecular flexibility index (Phi) is 4.31. The van der Waals surface area contributed by atoms with Crippen molar-refractivity contribution in [1.29, 1.82) is 0 Å². The summed E-state index contributed by atoms with van der Waals surface area (Å²) in [5.41, 5.74) is 0.376. The Balaban J connectivity index is 1.60. The lowest BCUT2D eigenvalue weighted by atomic mass is 9.70. The summed E-state index contributed by atoms with van der Waals surface area (Å²) in [6.45, 7) is 4.04. The summed E-state index contributed by atoms with van der Waals surface area (Å²) >= 11 is 0. The van der Waals surface area contributed by atoms with Gasteiger partial charge >= 0.3 is 5.97 Å². The number of hydrogen-bond donors (Lipinski definition) is 1. The third kappa shape index (κ3) is 2.72. The smallest absolute Gasteiger partial charge is 0.315 e. The van der Waals surface area contributed by atoms with Gasteiger partial charge in [-0.25, -0.2) is 4.52 Å². The first-order valence-corrected chi connectivity index (χ1v) is 9.02. The predicted molar refractivity (Wildman–Crippen MR) is 91.4 cm³/mol. The van der Waals surface area contributed by atoms with E-state index in [0.717, 1.165) is 25.8 Å². The van der Waals surface area contributed by atoms with Crippen LogP contribution in [0.5, 0.6) is 0 Å². The first-order chi connectivity index (χ1) is 12.6. The molecule has 26 heavy (non-hydrogen) atoms. The number of carbonyl (C=O) groups excluding carboxylic acids is 2. The lowest BCUT2D eigenvalue weighted by Crippen LogP contribution is -2.64. The molecule has 0 radical (unpaired) electrons. The van der Waals surface area contributed by atoms with E-state index in [0.29, 0.717) is 30.9 Å². The van der Waals surface area contributed by atoms with E-state index in [-0.39, 0.29) is 17.9 Å². The minimum Gasteiger partial charge on any atom is -0.465 e. The van der Waals surface area contributed by atoms with E-state index >= 15 is 0 Å². The SMILES string of the molecule is CCOC(=O)[C@]12CCCN[C@@H]1CCN(C(=O)c1ccn3nnnc3c1)C2. The number of nitrogens with zero attached hydrogens (tertiary/aromatic N) is 5. The van der Waals surface area contributed by atoms with Crippen LogP contribution in [-0.2, 0) is 9.53 Å². The number of aromatic nitrogens is 4. The fourth-order valence-electron chi connectivity index (χ4n) is 4.13. The van der Waals surface area contributed by atoms with Crippen LogP contribution in [0.2, 0.25) is 0 Å². The van der Waals surface area contributed by atoms with Crippen LogP contribution < -0.4 is 5.32 Å². The van der Waals surface area contributed by atoms with Crippen molar-refractivity contribution in [2.45, 2.75) is 32.2 Å². The zero-order chi connectivity index (χ0) is 18.1. The summed E-state index contributed by atoms with van der Waals surface area (Å²) < 4.78 is 6.88. The van der Waals surface area contributed by atoms with Crippen molar-refractivity contribution < 1.29 is 14.3 Å². The molecule has 0 aliphatic carbocycles. The lowest BCUT2D eigenvalue weighted by Gasteiger charge is -2.49. The third-order valence-electron chi connectivity index (χ3n) is 5.43. The third-order valence-corrected chi connectivity index (χ3v) is 5.43. The monoisotopic (exact) mass is 358 g/mol. The van der Waals surface area contributed by atoms with E-state index in [4.69, 9.17) is 4.74 Å². The van der Waals surface area contributed by atoms with Gasteiger partial charge in [0.15, 0.2) is 5.65 Å². The number of nitrogens with one attached hydrogen (secondary N) is 1. The van der Waals surface area contributed by atoms with Gasteiger partial charge in [0.1, 0.15) is 5.41 Å². The highest BCUT2D eigenvalue weighted by Gasteiger charge is 2.52. The van der Waals surface area contributed by atoms with Crippen molar-refractivity contribution in [3.8, 4) is 0 Å². The number of piperidine rings is 2. The van der Waals surface area contributed by atoms with Crippen LogP contribution in [0.3, 0.4) is 0 Å². The molecule has 2 aromatic rings. The number of rotatable bonds is 3. The van der Waals surface area contributed by atoms with E-state index in [1.54, 1.807) is 23.2 Å². The van der Waals surface area contributed by atoms with Crippen LogP contribution in [-0.4, -0.2) is 69.1 Å². The molecule has 4 heterocycles. The molecular weight excluding hydrogens is 336 g/mol. The van der Waals surface area contributed by atoms with Crippen molar-refractivity contribution in [2.75, 3.05) is 26.2 Å². The molecule has 2 atom stereocenters. The van der Waals surface area contributed by atoms with E-state index in [1.807, 2.05) is 6.92 Å². The van der Waals surface area contributed by atoms with E-state index in [2.05, 4.69) is 20.8 Å². The number of ether oxygens (including phenoxy) is 1. The van der Waals surface area contributed by atoms with Crippen molar-refractivity contribution in [3.63, 3.8) is 0 Å². The zero-order valence-corrected chi connectivity index (χ0v) is 14.7. The topological polar surface area (TPSA) is 102 Å². The van der Waals surface area contributed by atoms with Gasteiger partial charge in [-0.2, -0.15) is 0 Å². The Morgan fingerprint density at radius 3 is 3.19 bits per heavy atom. The van der Waals surface area contributed by atoms with Crippen LogP contribution in [0.4, 0.5) is 0 Å². The lowest BCUT2D eigenvalue weighted by molar-refractivity contribution is -0.162. The summed E-state index contributed by atoms with van der Waals surface area (Å²) in [6.07, 6.45) is 4.03. The van der Waals surface area contributed by atoms with Gasteiger partial charge in [0, 0.05) is 30.9 Å². The van der Waals surface area contributed by atoms with Gasteiger partial charge in [-0.15, -0.1) is 5.10 Å². The fourth-order valence-corrected chi connectivity index (χ4v) is 4.13. The molecular formula is C17H22N6O3. The molecule has 9 nitrogen and oxygen atoms in total. The van der Waals surface area contributed by atoms with E-state index < -0.39 is 5.41 Å². The maximum atomic E-state index is 13.0. The highest BCUT2D eigenvalue weighted by molar-refractivity contribution is 5.95. The summed E-state index contributed by atoms with van der Waals surface area (Å²) in [4.78, 5) is 27.6. The molecule has 1 N–H and O–H groups in total. The number of tetrazole rings is 1. The Morgan fingerprint density at radius 2 is 2.35 bits per heavy atom. The molecule has 2 aliphatic rings. The van der Waals surface area contributed by atoms with Crippen LogP contribution in [0.1, 0.15) is 36.5 Å². The minimum absolute atomic E-state index is 0.0579. The largest absolute Gasteiger partial charge is 0.465 e. The number of pyridine rings is 1. The van der Waals surface area contributed by atoms with Crippen LogP contribution >= 0.6 is 0 Å². The van der Waals surface area contributed by atoms with Crippen molar-refractivity contribution >= 4 is 17.5 Å². The van der Waals surface area contributed by atoms with Gasteiger partial charge in [-0.3, -0.25) is 9.59 Å². The normalized spacial score (nSPS) is 25.7. The molecule has 138 valence electrons. The molecule has 0 bridgehead atoms. The summed E-state index contributed by atoms with van der Waals surface area (Å²) in [5, 5.41) is 14.7. The molecule has 9 heteroatoms. The molecule has 2 aliphatic heterocycles. The van der Waals surface area contributed by atoms with Crippen LogP contribution in [0, 0.1) is 5.41 Å². The Bertz CT molecular complexity index is 837. The molecule has 0 unspecified atom stereocenters. The van der Waals surface area contributed by atoms with Gasteiger partial charge in [0.25, 0.3) is 5.91 Å². The molecule has 0 aromatic carbocycles. The second-order valence-corrected chi connectivity index (χ2v) is 6.90. The average molecular weight is 358 g/mol. The van der Waals surface area contributed by atoms with E-state index in [1.165, 1.54) is 4.52 Å². The predicted octanol–water partition coefficient (Wildman–Crippen LogP) is 0.272. The summed E-state index contributed by atoms with van der Waals surface area (Å²) in [6, 6.07) is 3.43. The minimum atomic E-state index is -0.664. The fraction of sp³-hybridized carbons (Fsp3) is 0.588. The van der Waals surface area contributed by atoms with Gasteiger partial charge in [0.2, 0.25) is 0 Å². The zero-order valence-electron chi connectivity index (χ0n) is 14.7. The summed E-state index contributed by atoms with van der Waals surface area (Å²) in [7, 11) is 0. The highest BCUT2D eigenvalue weighted by atomic mass is 16.5. The van der Waals surface area contributed by atoms with Crippen molar-refractivity contribution in [3.05, 3.63) is 23.9 Å². The molecule has 0 saturated carbocycles. The standard InChI is InChI=1S/C17H22N6O3/c1-2-26-16(25)17-6-3-7-18-13(17)5-8-22(11-17)15(24)12-4-9-23-14(10-12)19-20-21-23/h4,9-10,13,18H,2-3,5-8,11H2,1H3/t13-,17+/m1/s1. The Morgan fingerprint density at radius 1 is 1.46 bits per heavy atom. The number of likely N-dealkylation sites (tertiary alicyclic amines) is 1. The number of fused-ring (bicyclic) bond motifs is 2. The number of carbonyl (C=O) groups is 2.